The van der Waals surface area contributed by atoms with Gasteiger partial charge in [-0.15, -0.1) is 0 Å². The van der Waals surface area contributed by atoms with Crippen LogP contribution in [-0.4, -0.2) is 40.5 Å². The first-order valence-electron chi connectivity index (χ1n) is 5.88. The summed E-state index contributed by atoms with van der Waals surface area (Å²) in [5.74, 6) is -1.94. The number of hydrogen-bond acceptors (Lipinski definition) is 4. The Labute approximate surface area is 105 Å². The summed E-state index contributed by atoms with van der Waals surface area (Å²) < 4.78 is 0. The van der Waals surface area contributed by atoms with Gasteiger partial charge in [-0.05, 0) is 26.0 Å². The van der Waals surface area contributed by atoms with Crippen molar-refractivity contribution in [1.29, 1.82) is 0 Å². The van der Waals surface area contributed by atoms with Gasteiger partial charge in [-0.1, -0.05) is 6.08 Å². The van der Waals surface area contributed by atoms with Gasteiger partial charge in [0.2, 0.25) is 0 Å². The van der Waals surface area contributed by atoms with Gasteiger partial charge >= 0.3 is 5.91 Å². The van der Waals surface area contributed by atoms with E-state index in [1.54, 1.807) is 30.2 Å². The van der Waals surface area contributed by atoms with E-state index in [2.05, 4.69) is 0 Å². The molecule has 18 heavy (non-hydrogen) atoms. The minimum absolute atomic E-state index is 0.0238. The van der Waals surface area contributed by atoms with Crippen molar-refractivity contribution in [3.8, 4) is 0 Å². The molecule has 94 valence electrons. The number of nitrogens with zero attached hydrogens (tertiary/aromatic N) is 2. The first-order chi connectivity index (χ1) is 8.61. The molecular formula is C13H14N2O3. The largest absolute Gasteiger partial charge is 0.347 e. The molecule has 0 unspecified atom stereocenters. The van der Waals surface area contributed by atoms with E-state index in [1.807, 2.05) is 13.0 Å². The summed E-state index contributed by atoms with van der Waals surface area (Å²) in [5, 5.41) is 0. The Bertz CT molecular complexity index is 514. The molecule has 2 aliphatic heterocycles. The Balaban J connectivity index is 2.53. The predicted molar refractivity (Wildman–Crippen MR) is 65.1 cm³/mol. The number of carbonyl (C=O) groups is 3. The highest BCUT2D eigenvalue weighted by atomic mass is 16.2. The van der Waals surface area contributed by atoms with Crippen LogP contribution in [0.5, 0.6) is 0 Å². The second-order valence-corrected chi connectivity index (χ2v) is 3.93. The molecule has 5 heteroatoms. The van der Waals surface area contributed by atoms with Crippen molar-refractivity contribution in [1.82, 2.24) is 9.80 Å². The molecule has 5 nitrogen and oxygen atoms in total. The monoisotopic (exact) mass is 246 g/mol. The number of carbonyl (C=O) groups excluding carboxylic acids is 3. The maximum Gasteiger partial charge on any atom is 0.302 e. The van der Waals surface area contributed by atoms with Gasteiger partial charge in [-0.25, -0.2) is 0 Å². The third-order valence-electron chi connectivity index (χ3n) is 2.98. The van der Waals surface area contributed by atoms with Crippen molar-refractivity contribution in [2.24, 2.45) is 0 Å². The Morgan fingerprint density at radius 2 is 1.72 bits per heavy atom. The fraction of sp³-hybridized carbons (Fsp3) is 0.308. The summed E-state index contributed by atoms with van der Waals surface area (Å²) in [7, 11) is 0. The van der Waals surface area contributed by atoms with Crippen LogP contribution in [0.3, 0.4) is 0 Å². The number of amides is 2. The molecule has 0 saturated carbocycles. The summed E-state index contributed by atoms with van der Waals surface area (Å²) in [5.41, 5.74) is 0.476. The minimum atomic E-state index is -0.732. The van der Waals surface area contributed by atoms with E-state index in [4.69, 9.17) is 0 Å². The number of rotatable bonds is 2. The van der Waals surface area contributed by atoms with Gasteiger partial charge < -0.3 is 4.90 Å². The van der Waals surface area contributed by atoms with Crippen LogP contribution in [0.15, 0.2) is 35.7 Å². The van der Waals surface area contributed by atoms with E-state index in [0.29, 0.717) is 12.2 Å². The van der Waals surface area contributed by atoms with Gasteiger partial charge in [0.15, 0.2) is 0 Å². The quantitative estimate of drug-likeness (QED) is 0.310. The Hall–Kier alpha value is -2.17. The van der Waals surface area contributed by atoms with Crippen molar-refractivity contribution in [3.63, 3.8) is 0 Å². The summed E-state index contributed by atoms with van der Waals surface area (Å²) in [6.45, 7) is 4.42. The van der Waals surface area contributed by atoms with Gasteiger partial charge in [0.1, 0.15) is 5.57 Å². The molecule has 0 bridgehead atoms. The number of likely N-dealkylation sites (N-methyl/N-ethyl adjacent to an activating group) is 2. The molecule has 2 amide bonds. The molecule has 2 heterocycles. The molecule has 2 aliphatic rings. The smallest absolute Gasteiger partial charge is 0.302 e. The van der Waals surface area contributed by atoms with Crippen LogP contribution >= 0.6 is 0 Å². The molecule has 1 saturated heterocycles. The predicted octanol–water partition coefficient (Wildman–Crippen LogP) is 0.604. The maximum atomic E-state index is 12.1. The molecule has 1 fully saturated rings. The van der Waals surface area contributed by atoms with E-state index < -0.39 is 17.6 Å². The van der Waals surface area contributed by atoms with Gasteiger partial charge in [0.05, 0.1) is 5.70 Å². The van der Waals surface area contributed by atoms with Gasteiger partial charge in [0, 0.05) is 19.3 Å². The fourth-order valence-electron chi connectivity index (χ4n) is 2.05. The zero-order valence-corrected chi connectivity index (χ0v) is 10.3. The SMILES string of the molecule is CCN1C(=O)C(=O)/C(=C2/C=CC=CN2CC)C1=O. The lowest BCUT2D eigenvalue weighted by atomic mass is 10.1. The third kappa shape index (κ3) is 1.68. The van der Waals surface area contributed by atoms with E-state index in [1.165, 1.54) is 0 Å². The van der Waals surface area contributed by atoms with Crippen LogP contribution in [0.1, 0.15) is 13.8 Å². The molecule has 0 radical (unpaired) electrons. The number of Topliss-reactive ketones (excluding diaryl/α,β-unsaturated/α-hetero) is 1. The van der Waals surface area contributed by atoms with Crippen LogP contribution in [0, 0.1) is 0 Å². The van der Waals surface area contributed by atoms with Crippen molar-refractivity contribution >= 4 is 17.6 Å². The number of ketones is 1. The summed E-state index contributed by atoms with van der Waals surface area (Å²) >= 11 is 0. The Morgan fingerprint density at radius 1 is 1.00 bits per heavy atom. The molecule has 0 aromatic heterocycles. The highest BCUT2D eigenvalue weighted by Gasteiger charge is 2.43. The number of likely N-dealkylation sites (tertiary alicyclic amines) is 1. The summed E-state index contributed by atoms with van der Waals surface area (Å²) in [6.07, 6.45) is 7.02. The topological polar surface area (TPSA) is 57.7 Å². The zero-order chi connectivity index (χ0) is 13.3. The molecule has 0 aromatic rings. The van der Waals surface area contributed by atoms with E-state index in [9.17, 15) is 14.4 Å². The van der Waals surface area contributed by atoms with E-state index >= 15 is 0 Å². The first kappa shape index (κ1) is 12.3. The lowest BCUT2D eigenvalue weighted by Gasteiger charge is -2.22. The standard InChI is InChI=1S/C13H14N2O3/c1-3-14-8-6-5-7-9(14)10-11(16)13(18)15(4-2)12(10)17/h5-8H,3-4H2,1-2H3/b10-9+. The van der Waals surface area contributed by atoms with Gasteiger partial charge in [0.25, 0.3) is 11.7 Å². The summed E-state index contributed by atoms with van der Waals surface area (Å²) in [4.78, 5) is 38.4. The molecular weight excluding hydrogens is 232 g/mol. The van der Waals surface area contributed by atoms with Crippen LogP contribution in [0.25, 0.3) is 0 Å². The van der Waals surface area contributed by atoms with Crippen LogP contribution in [0.4, 0.5) is 0 Å². The Morgan fingerprint density at radius 3 is 2.28 bits per heavy atom. The van der Waals surface area contributed by atoms with E-state index in [0.717, 1.165) is 4.90 Å². The molecule has 0 spiro atoms. The minimum Gasteiger partial charge on any atom is -0.347 e. The Kier molecular flexibility index (Phi) is 3.14. The average Bonchev–Trinajstić information content (AvgIpc) is 2.60. The van der Waals surface area contributed by atoms with Crippen molar-refractivity contribution in [2.75, 3.05) is 13.1 Å². The summed E-state index contributed by atoms with van der Waals surface area (Å²) in [6, 6.07) is 0. The fourth-order valence-corrected chi connectivity index (χ4v) is 2.05. The van der Waals surface area contributed by atoms with Crippen LogP contribution in [-0.2, 0) is 14.4 Å². The molecule has 2 rings (SSSR count). The molecule has 0 atom stereocenters. The second-order valence-electron chi connectivity index (χ2n) is 3.93. The number of allylic oxidation sites excluding steroid dienone is 3. The van der Waals surface area contributed by atoms with Gasteiger partial charge in [-0.2, -0.15) is 0 Å². The molecule has 0 aromatic carbocycles. The van der Waals surface area contributed by atoms with Crippen LogP contribution < -0.4 is 0 Å². The highest BCUT2D eigenvalue weighted by molar-refractivity contribution is 6.56. The lowest BCUT2D eigenvalue weighted by molar-refractivity contribution is -0.142. The molecule has 0 N–H and O–H groups in total. The normalized spacial score (nSPS) is 23.6. The van der Waals surface area contributed by atoms with Crippen molar-refractivity contribution in [2.45, 2.75) is 13.8 Å². The zero-order valence-electron chi connectivity index (χ0n) is 10.3. The van der Waals surface area contributed by atoms with Gasteiger partial charge in [-0.3, -0.25) is 19.3 Å². The third-order valence-corrected chi connectivity index (χ3v) is 2.98. The maximum absolute atomic E-state index is 12.1. The number of imide groups is 1. The number of hydrogen-bond donors (Lipinski definition) is 0. The molecule has 0 aliphatic carbocycles. The van der Waals surface area contributed by atoms with E-state index in [-0.39, 0.29) is 12.1 Å². The van der Waals surface area contributed by atoms with Crippen LogP contribution in [0.2, 0.25) is 0 Å². The lowest BCUT2D eigenvalue weighted by Crippen LogP contribution is -2.30. The highest BCUT2D eigenvalue weighted by Crippen LogP contribution is 2.24. The van der Waals surface area contributed by atoms with Crippen molar-refractivity contribution in [3.05, 3.63) is 35.7 Å². The second kappa shape index (κ2) is 4.60. The first-order valence-corrected chi connectivity index (χ1v) is 5.88. The van der Waals surface area contributed by atoms with Crippen molar-refractivity contribution < 1.29 is 14.4 Å². The average molecular weight is 246 g/mol.